The van der Waals surface area contributed by atoms with Crippen LogP contribution >= 0.6 is 11.8 Å². The van der Waals surface area contributed by atoms with Gasteiger partial charge in [0.25, 0.3) is 0 Å². The Morgan fingerprint density at radius 2 is 2.19 bits per heavy atom. The van der Waals surface area contributed by atoms with Crippen LogP contribution in [0.5, 0.6) is 0 Å². The summed E-state index contributed by atoms with van der Waals surface area (Å²) in [6, 6.07) is 0. The van der Waals surface area contributed by atoms with Crippen LogP contribution in [0.2, 0.25) is 0 Å². The fourth-order valence-corrected chi connectivity index (χ4v) is 1.95. The molecule has 1 aliphatic heterocycles. The second-order valence-electron chi connectivity index (χ2n) is 3.45. The SMILES string of the molecule is CCCCCNC(=O)C(=O)NC1=NCCS1. The van der Waals surface area contributed by atoms with E-state index in [1.165, 1.54) is 11.8 Å². The van der Waals surface area contributed by atoms with Crippen LogP contribution in [0.4, 0.5) is 0 Å². The minimum Gasteiger partial charge on any atom is -0.348 e. The third kappa shape index (κ3) is 4.65. The molecule has 0 aromatic carbocycles. The van der Waals surface area contributed by atoms with Gasteiger partial charge < -0.3 is 5.32 Å². The minimum absolute atomic E-state index is 0.550. The maximum absolute atomic E-state index is 11.3. The van der Waals surface area contributed by atoms with Crippen molar-refractivity contribution in [2.24, 2.45) is 4.99 Å². The fourth-order valence-electron chi connectivity index (χ4n) is 1.22. The summed E-state index contributed by atoms with van der Waals surface area (Å²) in [5.41, 5.74) is 0. The minimum atomic E-state index is -0.621. The lowest BCUT2D eigenvalue weighted by atomic mass is 10.2. The van der Waals surface area contributed by atoms with E-state index in [1.54, 1.807) is 0 Å². The number of carbonyl (C=O) groups excluding carboxylic acids is 2. The van der Waals surface area contributed by atoms with E-state index in [-0.39, 0.29) is 0 Å². The summed E-state index contributed by atoms with van der Waals surface area (Å²) >= 11 is 1.46. The first-order valence-electron chi connectivity index (χ1n) is 5.50. The van der Waals surface area contributed by atoms with E-state index < -0.39 is 11.8 Å². The topological polar surface area (TPSA) is 70.6 Å². The van der Waals surface area contributed by atoms with Crippen LogP contribution in [-0.2, 0) is 9.59 Å². The summed E-state index contributed by atoms with van der Waals surface area (Å²) in [5.74, 6) is -0.329. The molecule has 16 heavy (non-hydrogen) atoms. The van der Waals surface area contributed by atoms with Crippen molar-refractivity contribution in [3.8, 4) is 0 Å². The molecule has 0 bridgehead atoms. The lowest BCUT2D eigenvalue weighted by Crippen LogP contribution is -2.41. The Bertz CT molecular complexity index is 292. The van der Waals surface area contributed by atoms with Gasteiger partial charge in [0.05, 0.1) is 6.54 Å². The normalized spacial score (nSPS) is 14.4. The van der Waals surface area contributed by atoms with E-state index in [0.29, 0.717) is 18.3 Å². The van der Waals surface area contributed by atoms with Gasteiger partial charge in [-0.25, -0.2) is 0 Å². The summed E-state index contributed by atoms with van der Waals surface area (Å²) < 4.78 is 0. The van der Waals surface area contributed by atoms with E-state index in [2.05, 4.69) is 22.5 Å². The number of unbranched alkanes of at least 4 members (excludes halogenated alkanes) is 2. The van der Waals surface area contributed by atoms with Crippen molar-refractivity contribution in [2.75, 3.05) is 18.8 Å². The van der Waals surface area contributed by atoms with Gasteiger partial charge in [-0.3, -0.25) is 19.9 Å². The van der Waals surface area contributed by atoms with Gasteiger partial charge in [-0.05, 0) is 6.42 Å². The highest BCUT2D eigenvalue weighted by atomic mass is 32.2. The molecule has 0 aliphatic carbocycles. The number of aliphatic imine (C=N–C) groups is 1. The molecule has 0 aromatic rings. The Morgan fingerprint density at radius 3 is 2.81 bits per heavy atom. The molecule has 0 spiro atoms. The van der Waals surface area contributed by atoms with Gasteiger partial charge in [-0.1, -0.05) is 31.5 Å². The van der Waals surface area contributed by atoms with Crippen molar-refractivity contribution in [3.05, 3.63) is 0 Å². The van der Waals surface area contributed by atoms with Crippen LogP contribution in [0.25, 0.3) is 0 Å². The molecule has 5 nitrogen and oxygen atoms in total. The first-order chi connectivity index (χ1) is 7.74. The van der Waals surface area contributed by atoms with Crippen LogP contribution in [0.3, 0.4) is 0 Å². The number of hydrogen-bond donors (Lipinski definition) is 2. The maximum Gasteiger partial charge on any atom is 0.315 e. The molecule has 1 rings (SSSR count). The van der Waals surface area contributed by atoms with Crippen molar-refractivity contribution >= 4 is 28.7 Å². The molecule has 0 unspecified atom stereocenters. The molecule has 0 atom stereocenters. The number of amidine groups is 1. The largest absolute Gasteiger partial charge is 0.348 e. The number of hydrogen-bond acceptors (Lipinski definition) is 4. The molecule has 2 N–H and O–H groups in total. The van der Waals surface area contributed by atoms with Gasteiger partial charge in [-0.15, -0.1) is 0 Å². The average molecular weight is 243 g/mol. The van der Waals surface area contributed by atoms with Crippen LogP contribution in [0.15, 0.2) is 4.99 Å². The van der Waals surface area contributed by atoms with Crippen molar-refractivity contribution in [2.45, 2.75) is 26.2 Å². The first-order valence-corrected chi connectivity index (χ1v) is 6.49. The van der Waals surface area contributed by atoms with E-state index in [4.69, 9.17) is 0 Å². The van der Waals surface area contributed by atoms with Crippen molar-refractivity contribution in [1.82, 2.24) is 10.6 Å². The predicted molar refractivity (Wildman–Crippen MR) is 65.4 cm³/mol. The molecule has 6 heteroatoms. The molecule has 0 saturated heterocycles. The molecular formula is C10H17N3O2S. The van der Waals surface area contributed by atoms with Gasteiger partial charge in [-0.2, -0.15) is 0 Å². The molecular weight excluding hydrogens is 226 g/mol. The third-order valence-corrected chi connectivity index (χ3v) is 2.97. The summed E-state index contributed by atoms with van der Waals surface area (Å²) in [7, 11) is 0. The highest BCUT2D eigenvalue weighted by molar-refractivity contribution is 8.14. The van der Waals surface area contributed by atoms with E-state index in [1.807, 2.05) is 0 Å². The number of nitrogens with zero attached hydrogens (tertiary/aromatic N) is 1. The number of carbonyl (C=O) groups is 2. The Hall–Kier alpha value is -1.04. The van der Waals surface area contributed by atoms with Gasteiger partial charge in [0.2, 0.25) is 0 Å². The first kappa shape index (κ1) is 13.0. The van der Waals surface area contributed by atoms with Gasteiger partial charge in [0, 0.05) is 12.3 Å². The second kappa shape index (κ2) is 7.27. The smallest absolute Gasteiger partial charge is 0.315 e. The van der Waals surface area contributed by atoms with Crippen LogP contribution in [-0.4, -0.2) is 35.8 Å². The van der Waals surface area contributed by atoms with E-state index in [9.17, 15) is 9.59 Å². The average Bonchev–Trinajstić information content (AvgIpc) is 2.76. The van der Waals surface area contributed by atoms with Crippen molar-refractivity contribution in [1.29, 1.82) is 0 Å². The molecule has 0 fully saturated rings. The number of nitrogens with one attached hydrogen (secondary N) is 2. The van der Waals surface area contributed by atoms with Crippen molar-refractivity contribution in [3.63, 3.8) is 0 Å². The second-order valence-corrected chi connectivity index (χ2v) is 4.54. The summed E-state index contributed by atoms with van der Waals surface area (Å²) in [6.45, 7) is 3.35. The molecule has 0 aromatic heterocycles. The Kier molecular flexibility index (Phi) is 5.92. The zero-order valence-corrected chi connectivity index (χ0v) is 10.2. The summed E-state index contributed by atoms with van der Waals surface area (Å²) in [5, 5.41) is 5.61. The van der Waals surface area contributed by atoms with Crippen molar-refractivity contribution < 1.29 is 9.59 Å². The number of rotatable bonds is 4. The summed E-state index contributed by atoms with van der Waals surface area (Å²) in [6.07, 6.45) is 3.06. The molecule has 0 radical (unpaired) electrons. The highest BCUT2D eigenvalue weighted by Gasteiger charge is 2.16. The number of amides is 2. The highest BCUT2D eigenvalue weighted by Crippen LogP contribution is 2.08. The lowest BCUT2D eigenvalue weighted by molar-refractivity contribution is -0.138. The van der Waals surface area contributed by atoms with Crippen LogP contribution in [0, 0.1) is 0 Å². The Balaban J connectivity index is 2.17. The quantitative estimate of drug-likeness (QED) is 0.558. The zero-order chi connectivity index (χ0) is 11.8. The zero-order valence-electron chi connectivity index (χ0n) is 9.41. The molecule has 1 heterocycles. The molecule has 90 valence electrons. The monoisotopic (exact) mass is 243 g/mol. The Morgan fingerprint density at radius 1 is 1.38 bits per heavy atom. The van der Waals surface area contributed by atoms with E-state index >= 15 is 0 Å². The predicted octanol–water partition coefficient (Wildman–Crippen LogP) is 0.512. The number of thioether (sulfide) groups is 1. The maximum atomic E-state index is 11.3. The van der Waals surface area contributed by atoms with Crippen LogP contribution in [0.1, 0.15) is 26.2 Å². The lowest BCUT2D eigenvalue weighted by Gasteiger charge is -2.05. The van der Waals surface area contributed by atoms with Gasteiger partial charge >= 0.3 is 11.8 Å². The third-order valence-electron chi connectivity index (χ3n) is 2.08. The fraction of sp³-hybridized carbons (Fsp3) is 0.700. The van der Waals surface area contributed by atoms with Crippen LogP contribution < -0.4 is 10.6 Å². The summed E-state index contributed by atoms with van der Waals surface area (Å²) in [4.78, 5) is 26.7. The molecule has 2 amide bonds. The van der Waals surface area contributed by atoms with Gasteiger partial charge in [0.1, 0.15) is 0 Å². The Labute approximate surface area is 99.5 Å². The van der Waals surface area contributed by atoms with E-state index in [0.717, 1.165) is 25.0 Å². The standard InChI is InChI=1S/C10H17N3O2S/c1-2-3-4-5-11-8(14)9(15)13-10-12-6-7-16-10/h2-7H2,1H3,(H,11,14)(H,12,13,15). The molecule has 1 aliphatic rings. The van der Waals surface area contributed by atoms with Gasteiger partial charge in [0.15, 0.2) is 5.17 Å². The molecule has 0 saturated carbocycles.